The number of hydrogen-bond acceptors (Lipinski definition) is 2. The minimum atomic E-state index is -0.211. The van der Waals surface area contributed by atoms with Crippen molar-refractivity contribution in [3.8, 4) is 0 Å². The summed E-state index contributed by atoms with van der Waals surface area (Å²) in [5.74, 6) is 6.04. The molecule has 1 aliphatic rings. The lowest BCUT2D eigenvalue weighted by Gasteiger charge is -2.29. The minimum absolute atomic E-state index is 0.0572. The summed E-state index contributed by atoms with van der Waals surface area (Å²) < 4.78 is 13.1. The number of rotatable bonds is 4. The first-order valence-electron chi connectivity index (χ1n) is 7.57. The van der Waals surface area contributed by atoms with Gasteiger partial charge in [-0.05, 0) is 60.4 Å². The highest BCUT2D eigenvalue weighted by molar-refractivity contribution is 5.33. The summed E-state index contributed by atoms with van der Waals surface area (Å²) in [7, 11) is 0. The van der Waals surface area contributed by atoms with Gasteiger partial charge in [0.05, 0.1) is 0 Å². The van der Waals surface area contributed by atoms with E-state index in [-0.39, 0.29) is 11.9 Å². The van der Waals surface area contributed by atoms with Gasteiger partial charge < -0.3 is 0 Å². The van der Waals surface area contributed by atoms with Gasteiger partial charge in [0.1, 0.15) is 5.82 Å². The average molecular weight is 284 g/mol. The molecule has 0 saturated heterocycles. The van der Waals surface area contributed by atoms with Crippen LogP contribution in [0.5, 0.6) is 0 Å². The predicted molar refractivity (Wildman–Crippen MR) is 83.2 cm³/mol. The topological polar surface area (TPSA) is 38.0 Å². The van der Waals surface area contributed by atoms with Gasteiger partial charge in [-0.3, -0.25) is 11.3 Å². The van der Waals surface area contributed by atoms with Crippen molar-refractivity contribution in [3.05, 3.63) is 71.0 Å². The molecule has 2 aromatic carbocycles. The van der Waals surface area contributed by atoms with Crippen molar-refractivity contribution in [3.63, 3.8) is 0 Å². The third-order valence-electron chi connectivity index (χ3n) is 4.49. The van der Waals surface area contributed by atoms with E-state index in [1.165, 1.54) is 42.5 Å². The van der Waals surface area contributed by atoms with E-state index in [9.17, 15) is 4.39 Å². The van der Waals surface area contributed by atoms with Crippen LogP contribution in [-0.2, 0) is 6.42 Å². The van der Waals surface area contributed by atoms with Gasteiger partial charge in [0.25, 0.3) is 0 Å². The number of nitrogens with one attached hydrogen (secondary N) is 1. The summed E-state index contributed by atoms with van der Waals surface area (Å²) in [5.41, 5.74) is 6.85. The molecule has 0 bridgehead atoms. The highest BCUT2D eigenvalue weighted by Crippen LogP contribution is 2.37. The van der Waals surface area contributed by atoms with E-state index >= 15 is 0 Å². The van der Waals surface area contributed by atoms with Crippen molar-refractivity contribution >= 4 is 0 Å². The van der Waals surface area contributed by atoms with Gasteiger partial charge in [-0.2, -0.15) is 0 Å². The van der Waals surface area contributed by atoms with Gasteiger partial charge in [0.2, 0.25) is 0 Å². The van der Waals surface area contributed by atoms with Gasteiger partial charge >= 0.3 is 0 Å². The molecule has 0 saturated carbocycles. The first-order valence-corrected chi connectivity index (χ1v) is 7.57. The van der Waals surface area contributed by atoms with Crippen molar-refractivity contribution in [1.29, 1.82) is 0 Å². The molecule has 2 atom stereocenters. The quantitative estimate of drug-likeness (QED) is 0.661. The Kier molecular flexibility index (Phi) is 4.32. The van der Waals surface area contributed by atoms with E-state index in [1.54, 1.807) is 0 Å². The fraction of sp³-hybridized carbons (Fsp3) is 0.333. The van der Waals surface area contributed by atoms with Crippen LogP contribution in [0.1, 0.15) is 47.9 Å². The molecule has 0 spiro atoms. The van der Waals surface area contributed by atoms with Crippen molar-refractivity contribution in [2.75, 3.05) is 0 Å². The van der Waals surface area contributed by atoms with E-state index in [0.29, 0.717) is 5.92 Å². The van der Waals surface area contributed by atoms with Crippen LogP contribution in [0.25, 0.3) is 0 Å². The number of fused-ring (bicyclic) bond motifs is 1. The number of aryl methyl sites for hydroxylation is 1. The predicted octanol–water partition coefficient (Wildman–Crippen LogP) is 3.84. The van der Waals surface area contributed by atoms with Gasteiger partial charge in [0.15, 0.2) is 0 Å². The highest BCUT2D eigenvalue weighted by Gasteiger charge is 2.23. The molecule has 3 rings (SSSR count). The van der Waals surface area contributed by atoms with Crippen LogP contribution in [0.3, 0.4) is 0 Å². The minimum Gasteiger partial charge on any atom is -0.271 e. The number of hydrogen-bond donors (Lipinski definition) is 2. The van der Waals surface area contributed by atoms with Gasteiger partial charge in [-0.25, -0.2) is 4.39 Å². The summed E-state index contributed by atoms with van der Waals surface area (Å²) in [6.45, 7) is 0. The fourth-order valence-electron chi connectivity index (χ4n) is 3.38. The Labute approximate surface area is 125 Å². The highest BCUT2D eigenvalue weighted by atomic mass is 19.1. The fourth-order valence-corrected chi connectivity index (χ4v) is 3.38. The summed E-state index contributed by atoms with van der Waals surface area (Å²) in [5, 5.41) is 0. The largest absolute Gasteiger partial charge is 0.271 e. The lowest BCUT2D eigenvalue weighted by atomic mass is 9.79. The van der Waals surface area contributed by atoms with E-state index in [2.05, 4.69) is 29.7 Å². The maximum absolute atomic E-state index is 13.1. The second-order valence-electron chi connectivity index (χ2n) is 5.79. The van der Waals surface area contributed by atoms with E-state index in [0.717, 1.165) is 12.0 Å². The summed E-state index contributed by atoms with van der Waals surface area (Å²) in [4.78, 5) is 0. The molecule has 2 nitrogen and oxygen atoms in total. The Bertz CT molecular complexity index is 594. The van der Waals surface area contributed by atoms with Crippen LogP contribution in [0.4, 0.5) is 4.39 Å². The molecule has 2 unspecified atom stereocenters. The van der Waals surface area contributed by atoms with Crippen LogP contribution in [0.15, 0.2) is 48.5 Å². The van der Waals surface area contributed by atoms with Gasteiger partial charge in [-0.1, -0.05) is 36.4 Å². The van der Waals surface area contributed by atoms with Crippen LogP contribution >= 0.6 is 0 Å². The molecule has 2 aromatic rings. The maximum atomic E-state index is 13.1. The Morgan fingerprint density at radius 1 is 1.14 bits per heavy atom. The number of halogens is 1. The zero-order valence-electron chi connectivity index (χ0n) is 12.1. The van der Waals surface area contributed by atoms with Crippen molar-refractivity contribution < 1.29 is 4.39 Å². The third kappa shape index (κ3) is 3.14. The summed E-state index contributed by atoms with van der Waals surface area (Å²) in [6.07, 6.45) is 4.53. The molecule has 0 aliphatic heterocycles. The van der Waals surface area contributed by atoms with E-state index < -0.39 is 0 Å². The summed E-state index contributed by atoms with van der Waals surface area (Å²) in [6, 6.07) is 15.4. The smallest absolute Gasteiger partial charge is 0.123 e. The number of nitrogens with two attached hydrogens (primary N) is 1. The van der Waals surface area contributed by atoms with Crippen LogP contribution in [0.2, 0.25) is 0 Å². The molecule has 0 aromatic heterocycles. The average Bonchev–Trinajstić information content (AvgIpc) is 2.54. The molecular weight excluding hydrogens is 263 g/mol. The zero-order valence-corrected chi connectivity index (χ0v) is 12.1. The standard InChI is InChI=1S/C18H21FN2/c19-16-10-8-14(9-11-16)18(21-20)12-15-6-3-5-13-4-1-2-7-17(13)15/h1-2,4,7-11,15,18,21H,3,5-6,12,20H2. The molecule has 0 amide bonds. The maximum Gasteiger partial charge on any atom is 0.123 e. The Morgan fingerprint density at radius 2 is 1.90 bits per heavy atom. The van der Waals surface area contributed by atoms with Crippen LogP contribution < -0.4 is 11.3 Å². The van der Waals surface area contributed by atoms with Crippen molar-refractivity contribution in [2.24, 2.45) is 5.84 Å². The second kappa shape index (κ2) is 6.37. The van der Waals surface area contributed by atoms with E-state index in [1.807, 2.05) is 12.1 Å². The molecular formula is C18H21FN2. The molecule has 21 heavy (non-hydrogen) atoms. The van der Waals surface area contributed by atoms with E-state index in [4.69, 9.17) is 5.84 Å². The summed E-state index contributed by atoms with van der Waals surface area (Å²) >= 11 is 0. The molecule has 3 N–H and O–H groups in total. The molecule has 0 fully saturated rings. The third-order valence-corrected chi connectivity index (χ3v) is 4.49. The normalized spacial score (nSPS) is 19.0. The lowest BCUT2D eigenvalue weighted by molar-refractivity contribution is 0.425. The SMILES string of the molecule is NNC(CC1CCCc2ccccc21)c1ccc(F)cc1. The first-order chi connectivity index (χ1) is 10.3. The zero-order chi connectivity index (χ0) is 14.7. The van der Waals surface area contributed by atoms with Crippen LogP contribution in [0, 0.1) is 5.82 Å². The number of benzene rings is 2. The molecule has 0 radical (unpaired) electrons. The molecule has 0 heterocycles. The number of hydrazine groups is 1. The molecule has 3 heteroatoms. The Balaban J connectivity index is 1.80. The van der Waals surface area contributed by atoms with Gasteiger partial charge in [-0.15, -0.1) is 0 Å². The second-order valence-corrected chi connectivity index (χ2v) is 5.79. The molecule has 110 valence electrons. The molecule has 1 aliphatic carbocycles. The first kappa shape index (κ1) is 14.2. The monoisotopic (exact) mass is 284 g/mol. The van der Waals surface area contributed by atoms with Crippen LogP contribution in [-0.4, -0.2) is 0 Å². The van der Waals surface area contributed by atoms with Gasteiger partial charge in [0, 0.05) is 6.04 Å². The Hall–Kier alpha value is -1.71. The lowest BCUT2D eigenvalue weighted by Crippen LogP contribution is -2.30. The van der Waals surface area contributed by atoms with Crippen molar-refractivity contribution in [2.45, 2.75) is 37.6 Å². The Morgan fingerprint density at radius 3 is 2.67 bits per heavy atom. The van der Waals surface area contributed by atoms with Crippen molar-refractivity contribution in [1.82, 2.24) is 5.43 Å².